The maximum absolute atomic E-state index is 12.6. The van der Waals surface area contributed by atoms with Crippen LogP contribution in [0.4, 0.5) is 0 Å². The molecule has 1 aliphatic heterocycles. The van der Waals surface area contributed by atoms with Crippen LogP contribution in [0.15, 0.2) is 30.9 Å². The van der Waals surface area contributed by atoms with Crippen molar-refractivity contribution in [3.05, 3.63) is 47.3 Å². The molecule has 25 heavy (non-hydrogen) atoms. The van der Waals surface area contributed by atoms with Crippen molar-refractivity contribution >= 4 is 17.6 Å². The fraction of sp³-hybridized carbons (Fsp3) is 0.294. The van der Waals surface area contributed by atoms with E-state index in [1.807, 2.05) is 37.5 Å². The van der Waals surface area contributed by atoms with Crippen molar-refractivity contribution in [2.45, 2.75) is 32.9 Å². The number of esters is 1. The molecule has 0 atom stereocenters. The fourth-order valence-corrected chi connectivity index (χ4v) is 3.13. The molecule has 1 aromatic carbocycles. The number of fused-ring (bicyclic) bond motifs is 5. The average Bonchev–Trinajstić information content (AvgIpc) is 3.11. The first kappa shape index (κ1) is 15.8. The number of ether oxygens (including phenoxy) is 1. The lowest BCUT2D eigenvalue weighted by Gasteiger charge is -2.19. The predicted molar refractivity (Wildman–Crippen MR) is 91.9 cm³/mol. The summed E-state index contributed by atoms with van der Waals surface area (Å²) in [6, 6.07) is 5.57. The summed E-state index contributed by atoms with van der Waals surface area (Å²) in [4.78, 5) is 21.2. The third-order valence-electron chi connectivity index (χ3n) is 3.85. The van der Waals surface area contributed by atoms with Gasteiger partial charge in [0.15, 0.2) is 11.5 Å². The first-order valence-corrected chi connectivity index (χ1v) is 8.19. The molecule has 2 aromatic heterocycles. The smallest absolute Gasteiger partial charge is 0.359 e. The van der Waals surface area contributed by atoms with Gasteiger partial charge < -0.3 is 4.74 Å². The fourth-order valence-electron chi connectivity index (χ4n) is 2.88. The van der Waals surface area contributed by atoms with Crippen molar-refractivity contribution in [3.63, 3.8) is 0 Å². The molecule has 0 spiro atoms. The minimum absolute atomic E-state index is 0.268. The van der Waals surface area contributed by atoms with Gasteiger partial charge in [0, 0.05) is 0 Å². The van der Waals surface area contributed by atoms with Crippen LogP contribution in [0.5, 0.6) is 0 Å². The number of halogens is 1. The standard InChI is InChI=1S/C17H16ClN5O2/c1-17(2,3)25-16(24)14-12-7-23-15(19-8-21-23)13-10(18)5-4-6-11(13)22(12)9-20-14/h4-6,8-9H,7H2,1-3H3. The van der Waals surface area contributed by atoms with Crippen LogP contribution in [-0.4, -0.2) is 35.9 Å². The van der Waals surface area contributed by atoms with E-state index in [2.05, 4.69) is 15.1 Å². The van der Waals surface area contributed by atoms with Gasteiger partial charge in [-0.25, -0.2) is 19.4 Å². The Bertz CT molecular complexity index is 983. The van der Waals surface area contributed by atoms with Crippen molar-refractivity contribution in [1.29, 1.82) is 0 Å². The monoisotopic (exact) mass is 357 g/mol. The summed E-state index contributed by atoms with van der Waals surface area (Å²) in [6.45, 7) is 5.81. The van der Waals surface area contributed by atoms with Crippen molar-refractivity contribution in [2.75, 3.05) is 0 Å². The quantitative estimate of drug-likeness (QED) is 0.489. The van der Waals surface area contributed by atoms with Crippen LogP contribution >= 0.6 is 11.6 Å². The number of carbonyl (C=O) groups excluding carboxylic acids is 1. The third-order valence-corrected chi connectivity index (χ3v) is 4.16. The molecule has 1 aliphatic rings. The number of hydrogen-bond acceptors (Lipinski definition) is 5. The summed E-state index contributed by atoms with van der Waals surface area (Å²) in [7, 11) is 0. The second kappa shape index (κ2) is 5.42. The summed E-state index contributed by atoms with van der Waals surface area (Å²) >= 11 is 6.42. The summed E-state index contributed by atoms with van der Waals surface area (Å²) in [5, 5.41) is 4.83. The molecule has 8 heteroatoms. The van der Waals surface area contributed by atoms with E-state index in [1.54, 1.807) is 17.1 Å². The lowest BCUT2D eigenvalue weighted by atomic mass is 10.1. The highest BCUT2D eigenvalue weighted by atomic mass is 35.5. The van der Waals surface area contributed by atoms with E-state index in [-0.39, 0.29) is 5.69 Å². The zero-order chi connectivity index (χ0) is 17.8. The summed E-state index contributed by atoms with van der Waals surface area (Å²) in [5.41, 5.74) is 1.91. The maximum Gasteiger partial charge on any atom is 0.359 e. The number of nitrogens with zero attached hydrogens (tertiary/aromatic N) is 5. The second-order valence-electron chi connectivity index (χ2n) is 6.79. The molecule has 3 aromatic rings. The largest absolute Gasteiger partial charge is 0.455 e. The molecule has 3 heterocycles. The highest BCUT2D eigenvalue weighted by molar-refractivity contribution is 6.33. The zero-order valence-corrected chi connectivity index (χ0v) is 14.8. The van der Waals surface area contributed by atoms with E-state index < -0.39 is 11.6 Å². The molecule has 128 valence electrons. The van der Waals surface area contributed by atoms with Crippen LogP contribution in [0, 0.1) is 0 Å². The molecule has 4 rings (SSSR count). The van der Waals surface area contributed by atoms with Crippen LogP contribution in [0.25, 0.3) is 17.1 Å². The van der Waals surface area contributed by atoms with Gasteiger partial charge in [-0.15, -0.1) is 0 Å². The molecule has 0 N–H and O–H groups in total. The van der Waals surface area contributed by atoms with E-state index in [0.29, 0.717) is 23.1 Å². The Balaban J connectivity index is 1.92. The molecule has 0 bridgehead atoms. The lowest BCUT2D eigenvalue weighted by Crippen LogP contribution is -2.25. The van der Waals surface area contributed by atoms with E-state index in [0.717, 1.165) is 11.3 Å². The van der Waals surface area contributed by atoms with Gasteiger partial charge in [0.25, 0.3) is 0 Å². The molecule has 0 saturated heterocycles. The van der Waals surface area contributed by atoms with Crippen molar-refractivity contribution in [3.8, 4) is 17.1 Å². The summed E-state index contributed by atoms with van der Waals surface area (Å²) in [5.74, 6) is 0.188. The molecular formula is C17H16ClN5O2. The Kier molecular flexibility index (Phi) is 3.43. The first-order valence-electron chi connectivity index (χ1n) is 7.82. The molecule has 0 saturated carbocycles. The van der Waals surface area contributed by atoms with Gasteiger partial charge in [0.2, 0.25) is 0 Å². The number of imidazole rings is 1. The number of rotatable bonds is 1. The third kappa shape index (κ3) is 2.60. The van der Waals surface area contributed by atoms with Crippen LogP contribution < -0.4 is 0 Å². The van der Waals surface area contributed by atoms with Crippen LogP contribution in [0.2, 0.25) is 5.02 Å². The van der Waals surface area contributed by atoms with Crippen LogP contribution in [0.3, 0.4) is 0 Å². The Hall–Kier alpha value is -2.67. The Morgan fingerprint density at radius 1 is 1.28 bits per heavy atom. The van der Waals surface area contributed by atoms with Crippen LogP contribution in [-0.2, 0) is 11.3 Å². The van der Waals surface area contributed by atoms with Gasteiger partial charge in [-0.1, -0.05) is 17.7 Å². The highest BCUT2D eigenvalue weighted by Crippen LogP contribution is 2.36. The van der Waals surface area contributed by atoms with Crippen molar-refractivity contribution in [2.24, 2.45) is 0 Å². The normalized spacial score (nSPS) is 12.8. The zero-order valence-electron chi connectivity index (χ0n) is 14.0. The van der Waals surface area contributed by atoms with Gasteiger partial charge in [-0.3, -0.25) is 4.57 Å². The van der Waals surface area contributed by atoms with E-state index >= 15 is 0 Å². The van der Waals surface area contributed by atoms with Crippen molar-refractivity contribution in [1.82, 2.24) is 24.3 Å². The minimum Gasteiger partial charge on any atom is -0.455 e. The Morgan fingerprint density at radius 3 is 2.84 bits per heavy atom. The number of carbonyl (C=O) groups is 1. The average molecular weight is 358 g/mol. The highest BCUT2D eigenvalue weighted by Gasteiger charge is 2.29. The van der Waals surface area contributed by atoms with Crippen molar-refractivity contribution < 1.29 is 9.53 Å². The van der Waals surface area contributed by atoms with Gasteiger partial charge >= 0.3 is 5.97 Å². The molecule has 0 unspecified atom stereocenters. The summed E-state index contributed by atoms with van der Waals surface area (Å²) < 4.78 is 9.04. The number of hydrogen-bond donors (Lipinski definition) is 0. The molecule has 0 radical (unpaired) electrons. The lowest BCUT2D eigenvalue weighted by molar-refractivity contribution is 0.00619. The second-order valence-corrected chi connectivity index (χ2v) is 7.19. The van der Waals surface area contributed by atoms with Gasteiger partial charge in [0.1, 0.15) is 18.3 Å². The summed E-state index contributed by atoms with van der Waals surface area (Å²) in [6.07, 6.45) is 3.08. The van der Waals surface area contributed by atoms with E-state index in [1.165, 1.54) is 6.33 Å². The molecular weight excluding hydrogens is 342 g/mol. The van der Waals surface area contributed by atoms with Gasteiger partial charge in [-0.05, 0) is 32.9 Å². The molecule has 0 aliphatic carbocycles. The Morgan fingerprint density at radius 2 is 2.08 bits per heavy atom. The molecule has 0 amide bonds. The number of benzene rings is 1. The maximum atomic E-state index is 12.6. The SMILES string of the molecule is CC(C)(C)OC(=O)c1ncn2c1Cn1ncnc1-c1c(Cl)cccc1-2. The minimum atomic E-state index is -0.599. The first-order chi connectivity index (χ1) is 11.8. The molecule has 7 nitrogen and oxygen atoms in total. The van der Waals surface area contributed by atoms with Gasteiger partial charge in [0.05, 0.1) is 28.5 Å². The molecule has 0 fully saturated rings. The Labute approximate surface area is 149 Å². The predicted octanol–water partition coefficient (Wildman–Crippen LogP) is 3.10. The van der Waals surface area contributed by atoms with Gasteiger partial charge in [-0.2, -0.15) is 5.10 Å². The topological polar surface area (TPSA) is 74.8 Å². The van der Waals surface area contributed by atoms with E-state index in [9.17, 15) is 4.79 Å². The van der Waals surface area contributed by atoms with Crippen LogP contribution in [0.1, 0.15) is 37.0 Å². The number of aromatic nitrogens is 5. The van der Waals surface area contributed by atoms with E-state index in [4.69, 9.17) is 16.3 Å².